The molecule has 0 bridgehead atoms. The van der Waals surface area contributed by atoms with E-state index in [0.717, 1.165) is 38.3 Å². The quantitative estimate of drug-likeness (QED) is 0.619. The summed E-state index contributed by atoms with van der Waals surface area (Å²) in [5.74, 6) is 0.164. The molecule has 1 saturated heterocycles. The van der Waals surface area contributed by atoms with E-state index in [0.29, 0.717) is 6.42 Å². The van der Waals surface area contributed by atoms with E-state index < -0.39 is 5.97 Å². The Hall–Kier alpha value is -0.610. The molecule has 0 spiro atoms. The predicted octanol–water partition coefficient (Wildman–Crippen LogP) is 1.95. The maximum Gasteiger partial charge on any atom is 0.303 e. The van der Waals surface area contributed by atoms with Crippen LogP contribution in [0.2, 0.25) is 0 Å². The van der Waals surface area contributed by atoms with Crippen LogP contribution in [-0.2, 0) is 4.79 Å². The van der Waals surface area contributed by atoms with Crippen LogP contribution >= 0.6 is 0 Å². The van der Waals surface area contributed by atoms with E-state index in [4.69, 9.17) is 5.11 Å². The van der Waals surface area contributed by atoms with Gasteiger partial charge in [-0.15, -0.1) is 0 Å². The summed E-state index contributed by atoms with van der Waals surface area (Å²) in [6.45, 7) is 8.09. The van der Waals surface area contributed by atoms with Crippen molar-refractivity contribution in [2.45, 2.75) is 45.4 Å². The molecule has 0 radical (unpaired) electrons. The van der Waals surface area contributed by atoms with E-state index in [-0.39, 0.29) is 0 Å². The van der Waals surface area contributed by atoms with Gasteiger partial charge in [0.1, 0.15) is 0 Å². The predicted molar refractivity (Wildman–Crippen MR) is 73.8 cm³/mol. The van der Waals surface area contributed by atoms with E-state index in [1.54, 1.807) is 0 Å². The molecule has 0 aliphatic carbocycles. The fourth-order valence-electron chi connectivity index (χ4n) is 2.52. The summed E-state index contributed by atoms with van der Waals surface area (Å²) in [6.07, 6.45) is 5.88. The zero-order valence-electron chi connectivity index (χ0n) is 11.7. The second-order valence-electron chi connectivity index (χ2n) is 5.29. The lowest BCUT2D eigenvalue weighted by Gasteiger charge is -2.31. The first-order chi connectivity index (χ1) is 8.72. The summed E-state index contributed by atoms with van der Waals surface area (Å²) >= 11 is 0. The third-order valence-electron chi connectivity index (χ3n) is 3.83. The van der Waals surface area contributed by atoms with Crippen molar-refractivity contribution < 1.29 is 9.90 Å². The number of rotatable bonds is 9. The molecule has 18 heavy (non-hydrogen) atoms. The van der Waals surface area contributed by atoms with Gasteiger partial charge in [0, 0.05) is 6.42 Å². The molecule has 1 aliphatic heterocycles. The van der Waals surface area contributed by atoms with Crippen LogP contribution in [0, 0.1) is 5.92 Å². The SMILES string of the molecule is CCN1CCC(CNCCCCCC(=O)O)CC1. The van der Waals surface area contributed by atoms with Gasteiger partial charge in [-0.2, -0.15) is 0 Å². The van der Waals surface area contributed by atoms with Crippen LogP contribution in [0.3, 0.4) is 0 Å². The van der Waals surface area contributed by atoms with Crippen molar-refractivity contribution in [1.82, 2.24) is 10.2 Å². The number of likely N-dealkylation sites (tertiary alicyclic amines) is 1. The Balaban J connectivity index is 1.88. The first kappa shape index (κ1) is 15.4. The van der Waals surface area contributed by atoms with Gasteiger partial charge >= 0.3 is 5.97 Å². The lowest BCUT2D eigenvalue weighted by atomic mass is 9.97. The van der Waals surface area contributed by atoms with Crippen LogP contribution in [0.4, 0.5) is 0 Å². The minimum atomic E-state index is -0.675. The highest BCUT2D eigenvalue weighted by atomic mass is 16.4. The van der Waals surface area contributed by atoms with E-state index in [2.05, 4.69) is 17.1 Å². The van der Waals surface area contributed by atoms with Gasteiger partial charge in [0.2, 0.25) is 0 Å². The van der Waals surface area contributed by atoms with Gasteiger partial charge in [-0.05, 0) is 64.3 Å². The number of nitrogens with one attached hydrogen (secondary N) is 1. The Morgan fingerprint density at radius 3 is 2.61 bits per heavy atom. The van der Waals surface area contributed by atoms with Crippen LogP contribution < -0.4 is 5.32 Å². The Kier molecular flexibility index (Phi) is 8.01. The molecule has 1 heterocycles. The largest absolute Gasteiger partial charge is 0.481 e. The molecule has 0 unspecified atom stereocenters. The van der Waals surface area contributed by atoms with Gasteiger partial charge in [-0.3, -0.25) is 4.79 Å². The first-order valence-corrected chi connectivity index (χ1v) is 7.37. The van der Waals surface area contributed by atoms with Gasteiger partial charge in [0.25, 0.3) is 0 Å². The summed E-state index contributed by atoms with van der Waals surface area (Å²) in [5, 5.41) is 12.0. The molecule has 0 aromatic heterocycles. The fraction of sp³-hybridized carbons (Fsp3) is 0.929. The molecule has 0 aromatic carbocycles. The third kappa shape index (κ3) is 6.97. The molecule has 0 aromatic rings. The highest BCUT2D eigenvalue weighted by Crippen LogP contribution is 2.15. The molecular weight excluding hydrogens is 228 g/mol. The standard InChI is InChI=1S/C14H28N2O2/c1-2-16-10-7-13(8-11-16)12-15-9-5-3-4-6-14(17)18/h13,15H,2-12H2,1H3,(H,17,18). The number of carboxylic acid groups (broad SMARTS) is 1. The van der Waals surface area contributed by atoms with Gasteiger partial charge < -0.3 is 15.3 Å². The highest BCUT2D eigenvalue weighted by molar-refractivity contribution is 5.66. The lowest BCUT2D eigenvalue weighted by molar-refractivity contribution is -0.137. The van der Waals surface area contributed by atoms with Crippen LogP contribution in [0.15, 0.2) is 0 Å². The maximum atomic E-state index is 10.3. The molecule has 0 saturated carbocycles. The number of nitrogens with zero attached hydrogens (tertiary/aromatic N) is 1. The Labute approximate surface area is 111 Å². The number of aliphatic carboxylic acids is 1. The number of unbranched alkanes of at least 4 members (excludes halogenated alkanes) is 2. The Bertz CT molecular complexity index is 226. The fourth-order valence-corrected chi connectivity index (χ4v) is 2.52. The lowest BCUT2D eigenvalue weighted by Crippen LogP contribution is -2.37. The maximum absolute atomic E-state index is 10.3. The van der Waals surface area contributed by atoms with Crippen molar-refractivity contribution in [2.75, 3.05) is 32.7 Å². The van der Waals surface area contributed by atoms with Gasteiger partial charge in [-0.25, -0.2) is 0 Å². The summed E-state index contributed by atoms with van der Waals surface area (Å²) < 4.78 is 0. The summed E-state index contributed by atoms with van der Waals surface area (Å²) in [7, 11) is 0. The molecule has 1 rings (SSSR count). The summed E-state index contributed by atoms with van der Waals surface area (Å²) in [5.41, 5.74) is 0. The monoisotopic (exact) mass is 256 g/mol. The van der Waals surface area contributed by atoms with Crippen LogP contribution in [0.5, 0.6) is 0 Å². The smallest absolute Gasteiger partial charge is 0.303 e. The second kappa shape index (κ2) is 9.34. The van der Waals surface area contributed by atoms with Crippen molar-refractivity contribution in [3.63, 3.8) is 0 Å². The Morgan fingerprint density at radius 1 is 1.28 bits per heavy atom. The minimum Gasteiger partial charge on any atom is -0.481 e. The zero-order chi connectivity index (χ0) is 13.2. The van der Waals surface area contributed by atoms with Crippen molar-refractivity contribution in [1.29, 1.82) is 0 Å². The number of carbonyl (C=O) groups is 1. The van der Waals surface area contributed by atoms with Crippen molar-refractivity contribution in [3.8, 4) is 0 Å². The topological polar surface area (TPSA) is 52.6 Å². The van der Waals surface area contributed by atoms with Crippen LogP contribution in [-0.4, -0.2) is 48.7 Å². The number of hydrogen-bond donors (Lipinski definition) is 2. The van der Waals surface area contributed by atoms with E-state index >= 15 is 0 Å². The van der Waals surface area contributed by atoms with E-state index in [9.17, 15) is 4.79 Å². The molecule has 4 nitrogen and oxygen atoms in total. The molecule has 1 aliphatic rings. The Morgan fingerprint density at radius 2 is 2.00 bits per heavy atom. The average Bonchev–Trinajstić information content (AvgIpc) is 2.38. The van der Waals surface area contributed by atoms with E-state index in [1.165, 1.54) is 32.5 Å². The van der Waals surface area contributed by atoms with E-state index in [1.807, 2.05) is 0 Å². The molecule has 0 atom stereocenters. The number of hydrogen-bond acceptors (Lipinski definition) is 3. The molecule has 106 valence electrons. The van der Waals surface area contributed by atoms with Crippen LogP contribution in [0.25, 0.3) is 0 Å². The van der Waals surface area contributed by atoms with Crippen molar-refractivity contribution in [2.24, 2.45) is 5.92 Å². The average molecular weight is 256 g/mol. The highest BCUT2D eigenvalue weighted by Gasteiger charge is 2.17. The number of carboxylic acids is 1. The minimum absolute atomic E-state index is 0.315. The van der Waals surface area contributed by atoms with Gasteiger partial charge in [-0.1, -0.05) is 13.3 Å². The van der Waals surface area contributed by atoms with Gasteiger partial charge in [0.15, 0.2) is 0 Å². The molecule has 2 N–H and O–H groups in total. The molecule has 1 fully saturated rings. The van der Waals surface area contributed by atoms with Crippen LogP contribution in [0.1, 0.15) is 45.4 Å². The van der Waals surface area contributed by atoms with Crippen molar-refractivity contribution >= 4 is 5.97 Å². The third-order valence-corrected chi connectivity index (χ3v) is 3.83. The second-order valence-corrected chi connectivity index (χ2v) is 5.29. The van der Waals surface area contributed by atoms with Gasteiger partial charge in [0.05, 0.1) is 0 Å². The number of piperidine rings is 1. The normalized spacial score (nSPS) is 18.1. The molecule has 4 heteroatoms. The molecule has 0 amide bonds. The van der Waals surface area contributed by atoms with Crippen molar-refractivity contribution in [3.05, 3.63) is 0 Å². The zero-order valence-corrected chi connectivity index (χ0v) is 11.7. The molecular formula is C14H28N2O2. The summed E-state index contributed by atoms with van der Waals surface area (Å²) in [4.78, 5) is 12.8. The summed E-state index contributed by atoms with van der Waals surface area (Å²) in [6, 6.07) is 0. The first-order valence-electron chi connectivity index (χ1n) is 7.37.